The molecule has 0 bridgehead atoms. The number of hydrogen-bond acceptors (Lipinski definition) is 5. The van der Waals surface area contributed by atoms with Gasteiger partial charge in [-0.1, -0.05) is 60.6 Å². The van der Waals surface area contributed by atoms with E-state index in [0.717, 1.165) is 22.4 Å². The molecule has 182 valence electrons. The number of carbonyl (C=O) groups is 2. The summed E-state index contributed by atoms with van der Waals surface area (Å²) in [5, 5.41) is 13.2. The average molecular weight is 475 g/mol. The molecule has 0 aliphatic heterocycles. The highest BCUT2D eigenvalue weighted by atomic mass is 16.6. The molecule has 7 nitrogen and oxygen atoms in total. The van der Waals surface area contributed by atoms with E-state index >= 15 is 0 Å². The zero-order chi connectivity index (χ0) is 25.2. The summed E-state index contributed by atoms with van der Waals surface area (Å²) < 4.78 is 5.64. The second-order valence-electron chi connectivity index (χ2n) is 8.15. The number of ether oxygens (including phenoxy) is 1. The van der Waals surface area contributed by atoms with Gasteiger partial charge in [-0.3, -0.25) is 9.59 Å². The maximum atomic E-state index is 12.1. The Morgan fingerprint density at radius 3 is 2.09 bits per heavy atom. The lowest BCUT2D eigenvalue weighted by Crippen LogP contribution is -2.21. The first-order valence-corrected chi connectivity index (χ1v) is 11.4. The van der Waals surface area contributed by atoms with Gasteiger partial charge in [-0.15, -0.1) is 0 Å². The summed E-state index contributed by atoms with van der Waals surface area (Å²) in [6, 6.07) is 22.6. The third-order valence-corrected chi connectivity index (χ3v) is 5.30. The highest BCUT2D eigenvalue weighted by Crippen LogP contribution is 2.21. The van der Waals surface area contributed by atoms with Crippen LogP contribution >= 0.6 is 0 Å². The largest absolute Gasteiger partial charge is 0.490 e. The quantitative estimate of drug-likeness (QED) is 0.243. The van der Waals surface area contributed by atoms with Crippen LogP contribution in [0.5, 0.6) is 5.75 Å². The molecule has 0 atom stereocenters. The molecule has 3 rings (SSSR count). The molecule has 35 heavy (non-hydrogen) atoms. The van der Waals surface area contributed by atoms with Crippen LogP contribution in [0.25, 0.3) is 11.1 Å². The number of carboxylic acid groups (broad SMARTS) is 1. The van der Waals surface area contributed by atoms with Crippen LogP contribution in [-0.4, -0.2) is 54.9 Å². The van der Waals surface area contributed by atoms with Crippen molar-refractivity contribution in [2.24, 2.45) is 5.16 Å². The molecule has 0 heterocycles. The molecule has 3 aromatic carbocycles. The average Bonchev–Trinajstić information content (AvgIpc) is 2.86. The maximum Gasteiger partial charge on any atom is 0.307 e. The zero-order valence-electron chi connectivity index (χ0n) is 20.2. The third-order valence-electron chi connectivity index (χ3n) is 5.30. The van der Waals surface area contributed by atoms with E-state index in [1.54, 1.807) is 43.3 Å². The van der Waals surface area contributed by atoms with E-state index in [-0.39, 0.29) is 18.9 Å². The van der Waals surface area contributed by atoms with Crippen LogP contribution in [0.1, 0.15) is 34.8 Å². The van der Waals surface area contributed by atoms with Crippen molar-refractivity contribution in [2.75, 3.05) is 27.3 Å². The highest BCUT2D eigenvalue weighted by Gasteiger charge is 2.09. The van der Waals surface area contributed by atoms with Crippen LogP contribution in [0, 0.1) is 0 Å². The van der Waals surface area contributed by atoms with Crippen molar-refractivity contribution in [3.8, 4) is 16.9 Å². The van der Waals surface area contributed by atoms with E-state index in [4.69, 9.17) is 14.7 Å². The van der Waals surface area contributed by atoms with E-state index in [1.165, 1.54) is 0 Å². The van der Waals surface area contributed by atoms with Crippen molar-refractivity contribution in [2.45, 2.75) is 19.8 Å². The van der Waals surface area contributed by atoms with Crippen LogP contribution in [0.4, 0.5) is 0 Å². The molecule has 1 amide bonds. The van der Waals surface area contributed by atoms with Crippen molar-refractivity contribution < 1.29 is 24.3 Å². The Hall–Kier alpha value is -4.13. The molecule has 0 fully saturated rings. The van der Waals surface area contributed by atoms with Crippen molar-refractivity contribution >= 4 is 17.6 Å². The molecule has 1 N–H and O–H groups in total. The summed E-state index contributed by atoms with van der Waals surface area (Å²) in [5.74, 6) is -0.302. The molecule has 0 saturated carbocycles. The number of amides is 1. The van der Waals surface area contributed by atoms with Gasteiger partial charge in [0.2, 0.25) is 0 Å². The smallest absolute Gasteiger partial charge is 0.307 e. The first-order valence-electron chi connectivity index (χ1n) is 11.4. The fourth-order valence-electron chi connectivity index (χ4n) is 3.48. The summed E-state index contributed by atoms with van der Waals surface area (Å²) in [4.78, 5) is 29.9. The minimum Gasteiger partial charge on any atom is -0.490 e. The lowest BCUT2D eigenvalue weighted by Gasteiger charge is -2.11. The van der Waals surface area contributed by atoms with Crippen LogP contribution in [0.3, 0.4) is 0 Å². The van der Waals surface area contributed by atoms with Gasteiger partial charge in [0.15, 0.2) is 6.61 Å². The molecule has 0 radical (unpaired) electrons. The summed E-state index contributed by atoms with van der Waals surface area (Å²) in [7, 11) is 3.47. The molecular formula is C28H30N2O5. The van der Waals surface area contributed by atoms with Crippen LogP contribution < -0.4 is 4.74 Å². The molecule has 0 unspecified atom stereocenters. The maximum absolute atomic E-state index is 12.1. The van der Waals surface area contributed by atoms with E-state index in [0.29, 0.717) is 29.9 Å². The molecular weight excluding hydrogens is 444 g/mol. The van der Waals surface area contributed by atoms with Crippen LogP contribution in [0.15, 0.2) is 78.0 Å². The van der Waals surface area contributed by atoms with E-state index in [2.05, 4.69) is 5.16 Å². The molecule has 0 saturated heterocycles. The van der Waals surface area contributed by atoms with Gasteiger partial charge in [0.05, 0.1) is 12.1 Å². The third kappa shape index (κ3) is 7.43. The van der Waals surface area contributed by atoms with Gasteiger partial charge >= 0.3 is 5.97 Å². The summed E-state index contributed by atoms with van der Waals surface area (Å²) in [5.41, 5.74) is 5.22. The fraction of sp³-hybridized carbons (Fsp3) is 0.250. The van der Waals surface area contributed by atoms with Crippen LogP contribution in [0.2, 0.25) is 0 Å². The predicted molar refractivity (Wildman–Crippen MR) is 136 cm³/mol. The van der Waals surface area contributed by atoms with Crippen molar-refractivity contribution in [3.63, 3.8) is 0 Å². The Balaban J connectivity index is 1.54. The Labute approximate surface area is 205 Å². The van der Waals surface area contributed by atoms with Crippen molar-refractivity contribution in [3.05, 3.63) is 89.5 Å². The van der Waals surface area contributed by atoms with Gasteiger partial charge in [-0.2, -0.15) is 0 Å². The first-order chi connectivity index (χ1) is 16.9. The first kappa shape index (κ1) is 25.5. The van der Waals surface area contributed by atoms with E-state index in [9.17, 15) is 9.59 Å². The van der Waals surface area contributed by atoms with Gasteiger partial charge in [0, 0.05) is 19.7 Å². The lowest BCUT2D eigenvalue weighted by molar-refractivity contribution is -0.136. The van der Waals surface area contributed by atoms with E-state index < -0.39 is 5.97 Å². The summed E-state index contributed by atoms with van der Waals surface area (Å²) >= 11 is 0. The Kier molecular flexibility index (Phi) is 9.01. The topological polar surface area (TPSA) is 88.4 Å². The standard InChI is InChI=1S/C28H30N2O5/c1-4-26(29-35-17-16-34-25-7-5-6-20(18-25)19-27(31)32)23-12-8-21(9-13-23)22-10-14-24(15-11-22)28(33)30(2)3/h5-15,18H,4,16-17,19H2,1-3H3,(H,31,32). The van der Waals surface area contributed by atoms with Crippen molar-refractivity contribution in [1.82, 2.24) is 4.90 Å². The highest BCUT2D eigenvalue weighted by molar-refractivity contribution is 6.00. The number of rotatable bonds is 11. The number of oxime groups is 1. The van der Waals surface area contributed by atoms with Gasteiger partial charge in [-0.25, -0.2) is 0 Å². The van der Waals surface area contributed by atoms with Gasteiger partial charge in [0.1, 0.15) is 12.4 Å². The van der Waals surface area contributed by atoms with Gasteiger partial charge < -0.3 is 19.6 Å². The molecule has 0 aliphatic carbocycles. The molecule has 3 aromatic rings. The van der Waals surface area contributed by atoms with Gasteiger partial charge in [0.25, 0.3) is 5.91 Å². The lowest BCUT2D eigenvalue weighted by atomic mass is 10.0. The predicted octanol–water partition coefficient (Wildman–Crippen LogP) is 4.89. The second-order valence-corrected chi connectivity index (χ2v) is 8.15. The number of aliphatic carboxylic acids is 1. The summed E-state index contributed by atoms with van der Waals surface area (Å²) in [6.45, 7) is 2.58. The van der Waals surface area contributed by atoms with Crippen LogP contribution in [-0.2, 0) is 16.1 Å². The molecule has 0 aliphatic rings. The monoisotopic (exact) mass is 474 g/mol. The number of carbonyl (C=O) groups excluding carboxylic acids is 1. The Bertz CT molecular complexity index is 1170. The number of benzene rings is 3. The number of nitrogens with zero attached hydrogens (tertiary/aromatic N) is 2. The second kappa shape index (κ2) is 12.4. The Morgan fingerprint density at radius 1 is 0.886 bits per heavy atom. The Morgan fingerprint density at radius 2 is 1.51 bits per heavy atom. The number of hydrogen-bond donors (Lipinski definition) is 1. The number of carboxylic acids is 1. The summed E-state index contributed by atoms with van der Waals surface area (Å²) in [6.07, 6.45) is 0.664. The van der Waals surface area contributed by atoms with Crippen molar-refractivity contribution in [1.29, 1.82) is 0 Å². The SMILES string of the molecule is CCC(=NOCCOc1cccc(CC(=O)O)c1)c1ccc(-c2ccc(C(=O)N(C)C)cc2)cc1. The van der Waals surface area contributed by atoms with Gasteiger partial charge in [-0.05, 0) is 52.9 Å². The van der Waals surface area contributed by atoms with E-state index in [1.807, 2.05) is 55.5 Å². The minimum atomic E-state index is -0.880. The fourth-order valence-corrected chi connectivity index (χ4v) is 3.48. The molecule has 0 spiro atoms. The molecule has 7 heteroatoms. The normalized spacial score (nSPS) is 11.1. The minimum absolute atomic E-state index is 0.0206. The zero-order valence-corrected chi connectivity index (χ0v) is 20.2. The molecule has 0 aromatic heterocycles.